The summed E-state index contributed by atoms with van der Waals surface area (Å²) < 4.78 is 0. The maximum Gasteiger partial charge on any atom is 0.255 e. The van der Waals surface area contributed by atoms with Crippen molar-refractivity contribution in [2.75, 3.05) is 14.1 Å². The molecule has 6 N–H and O–H groups in total. The van der Waals surface area contributed by atoms with Crippen LogP contribution in [0.1, 0.15) is 65.6 Å². The summed E-state index contributed by atoms with van der Waals surface area (Å²) in [7, 11) is 3.23. The van der Waals surface area contributed by atoms with Gasteiger partial charge in [-0.15, -0.1) is 0 Å². The van der Waals surface area contributed by atoms with E-state index in [2.05, 4.69) is 0 Å². The van der Waals surface area contributed by atoms with Crippen LogP contribution in [0.25, 0.3) is 0 Å². The highest BCUT2D eigenvalue weighted by Crippen LogP contribution is 2.53. The van der Waals surface area contributed by atoms with Gasteiger partial charge < -0.3 is 26.2 Å². The molecule has 0 bridgehead atoms. The number of hydrogen-bond acceptors (Lipinski definition) is 9. The van der Waals surface area contributed by atoms with Gasteiger partial charge in [0.05, 0.1) is 11.6 Å². The second-order valence-corrected chi connectivity index (χ2v) is 12.9. The molecule has 1 aromatic rings. The number of aryl methyl sites for hydroxylation is 1. The second-order valence-electron chi connectivity index (χ2n) is 11.6. The number of amides is 1. The minimum absolute atomic E-state index is 0.0885. The van der Waals surface area contributed by atoms with Crippen LogP contribution in [0.15, 0.2) is 28.7 Å². The number of nitrogens with two attached hydrogens (primary N) is 1. The van der Waals surface area contributed by atoms with E-state index in [1.807, 2.05) is 13.0 Å². The number of aliphatic hydroxyl groups excluding tert-OH is 2. The summed E-state index contributed by atoms with van der Waals surface area (Å²) in [6.07, 6.45) is 6.31. The first-order valence-corrected chi connectivity index (χ1v) is 14.5. The molecule has 0 spiro atoms. The summed E-state index contributed by atoms with van der Waals surface area (Å²) >= 11 is 1.77. The van der Waals surface area contributed by atoms with E-state index < -0.39 is 58.0 Å². The van der Waals surface area contributed by atoms with Crippen molar-refractivity contribution in [1.29, 1.82) is 0 Å². The molecule has 4 aliphatic rings. The number of hydrogen-bond donors (Lipinski definition) is 5. The van der Waals surface area contributed by atoms with Crippen LogP contribution in [-0.2, 0) is 21.8 Å². The highest BCUT2D eigenvalue weighted by Gasteiger charge is 2.63. The quantitative estimate of drug-likeness (QED) is 0.343. The summed E-state index contributed by atoms with van der Waals surface area (Å²) in [4.78, 5) is 41.0. The standard InChI is InChI=1S/C29H36N2O7S/c1-13-9-15(12-39-16-7-5-4-6-8-16)23(32)20-17(13)10-14-11-18-22(31(2)3)25(34)21(28(30)37)27(36)29(18,38)26(35)19(14)24(20)33/h9,14,16,18,22,32,34-35,38H,4-8,10-12H2,1-3H3,(H2,30,37)/t14?,18?,22-,29?/m0/s1. The van der Waals surface area contributed by atoms with Crippen molar-refractivity contribution >= 4 is 29.2 Å². The van der Waals surface area contributed by atoms with Gasteiger partial charge >= 0.3 is 0 Å². The van der Waals surface area contributed by atoms with E-state index in [1.165, 1.54) is 19.3 Å². The number of thioether (sulfide) groups is 1. The SMILES string of the molecule is Cc1cc(CSC2CCCCC2)c(O)c2c1CC1CC3[C@H](N(C)C)C(O)=C(C(N)=O)C(=O)C3(O)C(O)=C1C2=O. The van der Waals surface area contributed by atoms with E-state index >= 15 is 0 Å². The molecule has 9 nitrogen and oxygen atoms in total. The number of allylic oxidation sites excluding steroid dienone is 1. The fourth-order valence-corrected chi connectivity index (χ4v) is 8.43. The lowest BCUT2D eigenvalue weighted by Crippen LogP contribution is -2.63. The van der Waals surface area contributed by atoms with Crippen LogP contribution in [0.4, 0.5) is 0 Å². The number of likely N-dealkylation sites (N-methyl/N-ethyl adjacent to an activating group) is 1. The Morgan fingerprint density at radius 1 is 1.15 bits per heavy atom. The number of phenolic OH excluding ortho intramolecular Hbond substituents is 1. The minimum atomic E-state index is -2.62. The lowest BCUT2D eigenvalue weighted by molar-refractivity contribution is -0.148. The number of Topliss-reactive ketones (excluding diaryl/α,β-unsaturated/α-hetero) is 2. The predicted molar refractivity (Wildman–Crippen MR) is 147 cm³/mol. The lowest BCUT2D eigenvalue weighted by atomic mass is 9.58. The van der Waals surface area contributed by atoms with Crippen molar-refractivity contribution in [2.24, 2.45) is 17.6 Å². The van der Waals surface area contributed by atoms with Crippen LogP contribution in [0.3, 0.4) is 0 Å². The molecular formula is C29H36N2O7S. The number of fused-ring (bicyclic) bond motifs is 3. The number of phenols is 1. The average Bonchev–Trinajstić information content (AvgIpc) is 2.87. The number of rotatable bonds is 5. The molecule has 1 fully saturated rings. The van der Waals surface area contributed by atoms with Crippen molar-refractivity contribution < 1.29 is 34.8 Å². The number of aliphatic hydroxyl groups is 3. The Labute approximate surface area is 231 Å². The molecule has 0 saturated heterocycles. The third kappa shape index (κ3) is 4.19. The van der Waals surface area contributed by atoms with Gasteiger partial charge in [-0.1, -0.05) is 25.3 Å². The fraction of sp³-hybridized carbons (Fsp3) is 0.552. The third-order valence-electron chi connectivity index (χ3n) is 9.05. The Hall–Kier alpha value is -2.82. The largest absolute Gasteiger partial charge is 0.510 e. The van der Waals surface area contributed by atoms with Gasteiger partial charge in [-0.05, 0) is 63.7 Å². The smallest absolute Gasteiger partial charge is 0.255 e. The number of carbonyl (C=O) groups excluding carboxylic acids is 3. The number of aromatic hydroxyl groups is 1. The van der Waals surface area contributed by atoms with Gasteiger partial charge in [0.2, 0.25) is 5.78 Å². The van der Waals surface area contributed by atoms with E-state index in [0.29, 0.717) is 28.6 Å². The number of carbonyl (C=O) groups is 3. The fourth-order valence-electron chi connectivity index (χ4n) is 7.12. The maximum atomic E-state index is 13.9. The summed E-state index contributed by atoms with van der Waals surface area (Å²) in [6, 6.07) is 0.926. The molecule has 4 atom stereocenters. The maximum absolute atomic E-state index is 13.9. The Morgan fingerprint density at radius 3 is 2.44 bits per heavy atom. The Kier molecular flexibility index (Phi) is 7.10. The van der Waals surface area contributed by atoms with E-state index in [0.717, 1.165) is 18.4 Å². The van der Waals surface area contributed by atoms with Gasteiger partial charge in [-0.25, -0.2) is 0 Å². The number of nitrogens with zero attached hydrogens (tertiary/aromatic N) is 1. The molecular weight excluding hydrogens is 520 g/mol. The number of primary amides is 1. The molecule has 4 aliphatic carbocycles. The Balaban J connectivity index is 1.59. The van der Waals surface area contributed by atoms with Crippen LogP contribution in [0, 0.1) is 18.8 Å². The van der Waals surface area contributed by atoms with Gasteiger partial charge in [0, 0.05) is 28.1 Å². The topological polar surface area (TPSA) is 161 Å². The van der Waals surface area contributed by atoms with Crippen LogP contribution in [0.5, 0.6) is 5.75 Å². The zero-order chi connectivity index (χ0) is 28.4. The van der Waals surface area contributed by atoms with Crippen molar-refractivity contribution in [3.05, 3.63) is 51.0 Å². The first-order valence-electron chi connectivity index (χ1n) is 13.5. The van der Waals surface area contributed by atoms with Gasteiger partial charge in [0.15, 0.2) is 11.4 Å². The first-order chi connectivity index (χ1) is 18.4. The molecule has 3 unspecified atom stereocenters. The molecule has 5 rings (SSSR count). The molecule has 0 radical (unpaired) electrons. The zero-order valence-corrected chi connectivity index (χ0v) is 23.3. The van der Waals surface area contributed by atoms with Gasteiger partial charge in [-0.2, -0.15) is 11.8 Å². The minimum Gasteiger partial charge on any atom is -0.510 e. The van der Waals surface area contributed by atoms with Crippen molar-refractivity contribution in [2.45, 2.75) is 74.5 Å². The predicted octanol–water partition coefficient (Wildman–Crippen LogP) is 2.99. The van der Waals surface area contributed by atoms with E-state index in [4.69, 9.17) is 5.73 Å². The van der Waals surface area contributed by atoms with Crippen LogP contribution >= 0.6 is 11.8 Å². The van der Waals surface area contributed by atoms with Gasteiger partial charge in [0.25, 0.3) is 5.91 Å². The second kappa shape index (κ2) is 9.98. The molecule has 0 heterocycles. The molecule has 210 valence electrons. The molecule has 10 heteroatoms. The van der Waals surface area contributed by atoms with E-state index in [-0.39, 0.29) is 23.3 Å². The molecule has 1 saturated carbocycles. The molecule has 39 heavy (non-hydrogen) atoms. The normalized spacial score (nSPS) is 29.4. The van der Waals surface area contributed by atoms with Crippen molar-refractivity contribution in [1.82, 2.24) is 4.90 Å². The Bertz CT molecular complexity index is 1330. The van der Waals surface area contributed by atoms with Crippen molar-refractivity contribution in [3.63, 3.8) is 0 Å². The number of benzene rings is 1. The highest BCUT2D eigenvalue weighted by atomic mass is 32.2. The van der Waals surface area contributed by atoms with E-state index in [1.54, 1.807) is 30.8 Å². The third-order valence-corrected chi connectivity index (χ3v) is 10.5. The summed E-state index contributed by atoms with van der Waals surface area (Å²) in [5, 5.41) is 45.8. The molecule has 0 aliphatic heterocycles. The molecule has 0 aromatic heterocycles. The Morgan fingerprint density at radius 2 is 1.82 bits per heavy atom. The monoisotopic (exact) mass is 556 g/mol. The average molecular weight is 557 g/mol. The summed E-state index contributed by atoms with van der Waals surface area (Å²) in [5.41, 5.74) is 4.12. The van der Waals surface area contributed by atoms with Gasteiger partial charge in [-0.3, -0.25) is 19.3 Å². The van der Waals surface area contributed by atoms with Crippen LogP contribution < -0.4 is 5.73 Å². The lowest BCUT2D eigenvalue weighted by Gasteiger charge is -2.50. The molecule has 1 amide bonds. The first kappa shape index (κ1) is 27.7. The van der Waals surface area contributed by atoms with Crippen molar-refractivity contribution in [3.8, 4) is 5.75 Å². The highest BCUT2D eigenvalue weighted by molar-refractivity contribution is 7.99. The van der Waals surface area contributed by atoms with E-state index in [9.17, 15) is 34.8 Å². The summed E-state index contributed by atoms with van der Waals surface area (Å²) in [6.45, 7) is 1.90. The van der Waals surface area contributed by atoms with Crippen LogP contribution in [0.2, 0.25) is 0 Å². The van der Waals surface area contributed by atoms with Gasteiger partial charge in [0.1, 0.15) is 22.8 Å². The zero-order valence-electron chi connectivity index (χ0n) is 22.5. The van der Waals surface area contributed by atoms with Crippen LogP contribution in [-0.4, -0.2) is 73.8 Å². The summed E-state index contributed by atoms with van der Waals surface area (Å²) in [5.74, 6) is -5.66. The molecule has 1 aromatic carbocycles. The number of ketones is 2.